The average Bonchev–Trinajstić information content (AvgIpc) is 2.24. The summed E-state index contributed by atoms with van der Waals surface area (Å²) in [7, 11) is 0. The van der Waals surface area contributed by atoms with Crippen molar-refractivity contribution in [2.75, 3.05) is 11.9 Å². The lowest BCUT2D eigenvalue weighted by Crippen LogP contribution is -2.28. The number of rotatable bonds is 4. The molecule has 0 fully saturated rings. The molecule has 0 unspecified atom stereocenters. The number of carboxylic acid groups (broad SMARTS) is 1. The summed E-state index contributed by atoms with van der Waals surface area (Å²) in [6.45, 7) is 5.25. The molecule has 0 aromatic carbocycles. The molecule has 0 amide bonds. The molecule has 18 heavy (non-hydrogen) atoms. The minimum atomic E-state index is -1.04. The standard InChI is InChI=1S/C12H16N2O4/c1-12(2,3)18-10(15)7-14-9-6-8(11(16)17)4-5-13-9/h4-6H,7H2,1-3H3,(H,13,14)(H,16,17). The van der Waals surface area contributed by atoms with Crippen LogP contribution in [0.1, 0.15) is 31.1 Å². The highest BCUT2D eigenvalue weighted by Crippen LogP contribution is 2.09. The fraction of sp³-hybridized carbons (Fsp3) is 0.417. The highest BCUT2D eigenvalue weighted by Gasteiger charge is 2.16. The fourth-order valence-corrected chi connectivity index (χ4v) is 1.20. The summed E-state index contributed by atoms with van der Waals surface area (Å²) < 4.78 is 5.09. The van der Waals surface area contributed by atoms with Crippen LogP contribution in [0.2, 0.25) is 0 Å². The van der Waals surface area contributed by atoms with Crippen LogP contribution in [-0.2, 0) is 9.53 Å². The summed E-state index contributed by atoms with van der Waals surface area (Å²) in [4.78, 5) is 26.1. The topological polar surface area (TPSA) is 88.5 Å². The molecule has 2 N–H and O–H groups in total. The summed E-state index contributed by atoms with van der Waals surface area (Å²) >= 11 is 0. The van der Waals surface area contributed by atoms with Gasteiger partial charge >= 0.3 is 11.9 Å². The summed E-state index contributed by atoms with van der Waals surface area (Å²) in [5.41, 5.74) is -0.438. The first-order valence-electron chi connectivity index (χ1n) is 5.43. The van der Waals surface area contributed by atoms with Gasteiger partial charge in [0, 0.05) is 6.20 Å². The number of anilines is 1. The van der Waals surface area contributed by atoms with Crippen LogP contribution in [0.15, 0.2) is 18.3 Å². The summed E-state index contributed by atoms with van der Waals surface area (Å²) in [5.74, 6) is -1.15. The van der Waals surface area contributed by atoms with Crippen molar-refractivity contribution in [3.63, 3.8) is 0 Å². The lowest BCUT2D eigenvalue weighted by molar-refractivity contribution is -0.152. The number of carbonyl (C=O) groups is 2. The number of hydrogen-bond donors (Lipinski definition) is 2. The molecular weight excluding hydrogens is 236 g/mol. The van der Waals surface area contributed by atoms with Gasteiger partial charge in [-0.3, -0.25) is 4.79 Å². The van der Waals surface area contributed by atoms with E-state index in [0.29, 0.717) is 5.82 Å². The Morgan fingerprint density at radius 1 is 1.44 bits per heavy atom. The van der Waals surface area contributed by atoms with E-state index in [1.54, 1.807) is 20.8 Å². The Bertz CT molecular complexity index is 452. The lowest BCUT2D eigenvalue weighted by atomic mass is 10.2. The Kier molecular flexibility index (Phi) is 4.25. The highest BCUT2D eigenvalue weighted by atomic mass is 16.6. The molecule has 1 heterocycles. The van der Waals surface area contributed by atoms with Gasteiger partial charge in [-0.25, -0.2) is 9.78 Å². The van der Waals surface area contributed by atoms with Crippen LogP contribution >= 0.6 is 0 Å². The fourth-order valence-electron chi connectivity index (χ4n) is 1.20. The Morgan fingerprint density at radius 3 is 2.67 bits per heavy atom. The van der Waals surface area contributed by atoms with Crippen LogP contribution in [0.25, 0.3) is 0 Å². The zero-order valence-corrected chi connectivity index (χ0v) is 10.6. The second-order valence-electron chi connectivity index (χ2n) is 4.67. The smallest absolute Gasteiger partial charge is 0.335 e. The van der Waals surface area contributed by atoms with Crippen molar-refractivity contribution in [2.24, 2.45) is 0 Å². The van der Waals surface area contributed by atoms with Gasteiger partial charge in [-0.1, -0.05) is 0 Å². The first-order valence-corrected chi connectivity index (χ1v) is 5.43. The van der Waals surface area contributed by atoms with Crippen molar-refractivity contribution >= 4 is 17.8 Å². The number of carbonyl (C=O) groups excluding carboxylic acids is 1. The van der Waals surface area contributed by atoms with Crippen molar-refractivity contribution in [1.29, 1.82) is 0 Å². The van der Waals surface area contributed by atoms with Gasteiger partial charge < -0.3 is 15.2 Å². The van der Waals surface area contributed by atoms with Crippen molar-refractivity contribution in [3.05, 3.63) is 23.9 Å². The van der Waals surface area contributed by atoms with Gasteiger partial charge in [0.1, 0.15) is 18.0 Å². The number of esters is 1. The zero-order valence-electron chi connectivity index (χ0n) is 10.6. The number of aromatic nitrogens is 1. The van der Waals surface area contributed by atoms with Gasteiger partial charge in [-0.05, 0) is 32.9 Å². The van der Waals surface area contributed by atoms with Crippen LogP contribution in [0.4, 0.5) is 5.82 Å². The predicted octanol–water partition coefficient (Wildman–Crippen LogP) is 1.53. The number of nitrogens with zero attached hydrogens (tertiary/aromatic N) is 1. The molecule has 0 spiro atoms. The van der Waals surface area contributed by atoms with Crippen molar-refractivity contribution in [2.45, 2.75) is 26.4 Å². The van der Waals surface area contributed by atoms with E-state index in [2.05, 4.69) is 10.3 Å². The molecule has 1 aromatic heterocycles. The third-order valence-corrected chi connectivity index (χ3v) is 1.84. The van der Waals surface area contributed by atoms with E-state index in [1.807, 2.05) is 0 Å². The average molecular weight is 252 g/mol. The van der Waals surface area contributed by atoms with Crippen LogP contribution in [0, 0.1) is 0 Å². The maximum Gasteiger partial charge on any atom is 0.335 e. The predicted molar refractivity (Wildman–Crippen MR) is 65.5 cm³/mol. The molecule has 1 rings (SSSR count). The van der Waals surface area contributed by atoms with Crippen LogP contribution in [-0.4, -0.2) is 34.2 Å². The monoisotopic (exact) mass is 252 g/mol. The molecule has 0 aliphatic rings. The normalized spacial score (nSPS) is 10.8. The second kappa shape index (κ2) is 5.48. The number of nitrogens with one attached hydrogen (secondary N) is 1. The minimum absolute atomic E-state index is 0.0622. The largest absolute Gasteiger partial charge is 0.478 e. The van der Waals surface area contributed by atoms with E-state index in [0.717, 1.165) is 0 Å². The molecule has 1 aromatic rings. The van der Waals surface area contributed by atoms with E-state index in [-0.39, 0.29) is 12.1 Å². The molecule has 6 nitrogen and oxygen atoms in total. The van der Waals surface area contributed by atoms with Crippen LogP contribution in [0.5, 0.6) is 0 Å². The number of carboxylic acids is 1. The van der Waals surface area contributed by atoms with Gasteiger partial charge in [-0.2, -0.15) is 0 Å². The SMILES string of the molecule is CC(C)(C)OC(=O)CNc1cc(C(=O)O)ccn1. The summed E-state index contributed by atoms with van der Waals surface area (Å²) in [6, 6.07) is 2.73. The van der Waals surface area contributed by atoms with E-state index in [9.17, 15) is 9.59 Å². The van der Waals surface area contributed by atoms with Gasteiger partial charge in [0.15, 0.2) is 0 Å². The molecule has 0 aliphatic carbocycles. The first kappa shape index (κ1) is 14.0. The zero-order chi connectivity index (χ0) is 13.8. The number of hydrogen-bond acceptors (Lipinski definition) is 5. The molecule has 0 radical (unpaired) electrons. The van der Waals surface area contributed by atoms with Gasteiger partial charge in [0.2, 0.25) is 0 Å². The molecule has 0 saturated carbocycles. The lowest BCUT2D eigenvalue weighted by Gasteiger charge is -2.19. The van der Waals surface area contributed by atoms with Crippen LogP contribution < -0.4 is 5.32 Å². The third-order valence-electron chi connectivity index (χ3n) is 1.84. The molecule has 0 aliphatic heterocycles. The molecule has 0 atom stereocenters. The maximum atomic E-state index is 11.4. The second-order valence-corrected chi connectivity index (χ2v) is 4.67. The summed E-state index contributed by atoms with van der Waals surface area (Å²) in [5, 5.41) is 11.5. The third kappa shape index (κ3) is 4.82. The molecule has 6 heteroatoms. The Hall–Kier alpha value is -2.11. The molecule has 98 valence electrons. The highest BCUT2D eigenvalue weighted by molar-refractivity contribution is 5.88. The van der Waals surface area contributed by atoms with E-state index in [1.165, 1.54) is 18.3 Å². The summed E-state index contributed by atoms with van der Waals surface area (Å²) in [6.07, 6.45) is 1.36. The van der Waals surface area contributed by atoms with Crippen molar-refractivity contribution in [3.8, 4) is 0 Å². The quantitative estimate of drug-likeness (QED) is 0.790. The van der Waals surface area contributed by atoms with Gasteiger partial charge in [-0.15, -0.1) is 0 Å². The molecular formula is C12H16N2O4. The Morgan fingerprint density at radius 2 is 2.11 bits per heavy atom. The Balaban J connectivity index is 2.56. The molecule has 0 bridgehead atoms. The van der Waals surface area contributed by atoms with Gasteiger partial charge in [0.25, 0.3) is 0 Å². The maximum absolute atomic E-state index is 11.4. The number of pyridine rings is 1. The first-order chi connectivity index (χ1) is 8.28. The van der Waals surface area contributed by atoms with E-state index >= 15 is 0 Å². The molecule has 0 saturated heterocycles. The van der Waals surface area contributed by atoms with E-state index in [4.69, 9.17) is 9.84 Å². The van der Waals surface area contributed by atoms with E-state index < -0.39 is 17.5 Å². The Labute approximate surface area is 105 Å². The van der Waals surface area contributed by atoms with Crippen LogP contribution in [0.3, 0.4) is 0 Å². The van der Waals surface area contributed by atoms with Crippen molar-refractivity contribution < 1.29 is 19.4 Å². The van der Waals surface area contributed by atoms with Gasteiger partial charge in [0.05, 0.1) is 5.56 Å². The number of aromatic carboxylic acids is 1. The minimum Gasteiger partial charge on any atom is -0.478 e. The van der Waals surface area contributed by atoms with Crippen molar-refractivity contribution in [1.82, 2.24) is 4.98 Å². The number of ether oxygens (including phenoxy) is 1.